The van der Waals surface area contributed by atoms with Gasteiger partial charge >= 0.3 is 11.4 Å². The largest absolute Gasteiger partial charge is 0.347 e. The molecule has 3 rings (SSSR count). The molecule has 0 spiro atoms. The van der Waals surface area contributed by atoms with E-state index in [1.165, 1.54) is 11.0 Å². The summed E-state index contributed by atoms with van der Waals surface area (Å²) in [6, 6.07) is 0.148. The van der Waals surface area contributed by atoms with E-state index in [1.807, 2.05) is 0 Å². The quantitative estimate of drug-likeness (QED) is 0.734. The molecule has 5 nitrogen and oxygen atoms in total. The second-order valence-electron chi connectivity index (χ2n) is 5.18. The SMILES string of the molecule is O=c1n(C2CCCCC2)c(=O)n2n1CCCC2. The first kappa shape index (κ1) is 10.9. The second-order valence-corrected chi connectivity index (χ2v) is 5.18. The van der Waals surface area contributed by atoms with E-state index in [0.717, 1.165) is 38.5 Å². The van der Waals surface area contributed by atoms with Gasteiger partial charge < -0.3 is 0 Å². The van der Waals surface area contributed by atoms with Crippen molar-refractivity contribution in [1.82, 2.24) is 13.9 Å². The molecule has 2 heterocycles. The Morgan fingerprint density at radius 3 is 1.82 bits per heavy atom. The molecule has 0 aromatic carbocycles. The molecule has 94 valence electrons. The van der Waals surface area contributed by atoms with Gasteiger partial charge in [0.2, 0.25) is 0 Å². The van der Waals surface area contributed by atoms with E-state index in [2.05, 4.69) is 0 Å². The summed E-state index contributed by atoms with van der Waals surface area (Å²) in [5.74, 6) is 0. The predicted octanol–water partition coefficient (Wildman–Crippen LogP) is 1.11. The molecule has 1 fully saturated rings. The van der Waals surface area contributed by atoms with E-state index >= 15 is 0 Å². The van der Waals surface area contributed by atoms with E-state index in [0.29, 0.717) is 13.1 Å². The molecule has 0 amide bonds. The molecule has 1 aromatic rings. The van der Waals surface area contributed by atoms with E-state index < -0.39 is 0 Å². The van der Waals surface area contributed by atoms with Gasteiger partial charge in [-0.3, -0.25) is 0 Å². The number of aromatic nitrogens is 3. The third-order valence-corrected chi connectivity index (χ3v) is 4.07. The van der Waals surface area contributed by atoms with Crippen LogP contribution in [-0.2, 0) is 13.1 Å². The van der Waals surface area contributed by atoms with Crippen molar-refractivity contribution < 1.29 is 0 Å². The normalized spacial score (nSPS) is 21.4. The Balaban J connectivity index is 2.07. The smallest absolute Gasteiger partial charge is 0.246 e. The monoisotopic (exact) mass is 237 g/mol. The molecular formula is C12H19N3O2. The highest BCUT2D eigenvalue weighted by molar-refractivity contribution is 4.83. The molecule has 0 saturated heterocycles. The van der Waals surface area contributed by atoms with Crippen LogP contribution < -0.4 is 11.4 Å². The van der Waals surface area contributed by atoms with Gasteiger partial charge in [0.15, 0.2) is 0 Å². The fraction of sp³-hybridized carbons (Fsp3) is 0.833. The Labute approximate surface area is 99.6 Å². The van der Waals surface area contributed by atoms with Crippen molar-refractivity contribution in [2.24, 2.45) is 0 Å². The third kappa shape index (κ3) is 1.68. The van der Waals surface area contributed by atoms with Gasteiger partial charge in [-0.15, -0.1) is 0 Å². The molecule has 2 aliphatic rings. The summed E-state index contributed by atoms with van der Waals surface area (Å²) in [5, 5.41) is 0. The number of hydrogen-bond donors (Lipinski definition) is 0. The fourth-order valence-electron chi connectivity index (χ4n) is 3.14. The van der Waals surface area contributed by atoms with Gasteiger partial charge in [0, 0.05) is 19.1 Å². The highest BCUT2D eigenvalue weighted by Gasteiger charge is 2.25. The Kier molecular flexibility index (Phi) is 2.68. The topological polar surface area (TPSA) is 48.9 Å². The number of fused-ring (bicyclic) bond motifs is 1. The Morgan fingerprint density at radius 1 is 0.765 bits per heavy atom. The third-order valence-electron chi connectivity index (χ3n) is 4.07. The zero-order valence-electron chi connectivity index (χ0n) is 10.1. The Hall–Kier alpha value is -1.26. The summed E-state index contributed by atoms with van der Waals surface area (Å²) in [4.78, 5) is 24.5. The van der Waals surface area contributed by atoms with E-state index in [-0.39, 0.29) is 17.4 Å². The summed E-state index contributed by atoms with van der Waals surface area (Å²) < 4.78 is 4.80. The maximum Gasteiger partial charge on any atom is 0.347 e. The van der Waals surface area contributed by atoms with Crippen LogP contribution in [-0.4, -0.2) is 13.9 Å². The van der Waals surface area contributed by atoms with Gasteiger partial charge in [0.1, 0.15) is 0 Å². The van der Waals surface area contributed by atoms with Crippen molar-refractivity contribution in [1.29, 1.82) is 0 Å². The molecule has 0 atom stereocenters. The van der Waals surface area contributed by atoms with Gasteiger partial charge in [-0.2, -0.15) is 0 Å². The molecule has 1 saturated carbocycles. The molecule has 0 unspecified atom stereocenters. The predicted molar refractivity (Wildman–Crippen MR) is 64.3 cm³/mol. The molecule has 17 heavy (non-hydrogen) atoms. The molecule has 0 bridgehead atoms. The average molecular weight is 237 g/mol. The lowest BCUT2D eigenvalue weighted by atomic mass is 9.95. The standard InChI is InChI=1S/C12H19N3O2/c16-11-13-8-4-5-9-14(13)12(17)15(11)10-6-2-1-3-7-10/h10H,1-9H2. The minimum absolute atomic E-state index is 0.0819. The lowest BCUT2D eigenvalue weighted by Crippen LogP contribution is -2.33. The van der Waals surface area contributed by atoms with Gasteiger partial charge in [0.05, 0.1) is 0 Å². The Morgan fingerprint density at radius 2 is 1.29 bits per heavy atom. The summed E-state index contributed by atoms with van der Waals surface area (Å²) in [5.41, 5.74) is -0.164. The summed E-state index contributed by atoms with van der Waals surface area (Å²) in [6.45, 7) is 1.40. The lowest BCUT2D eigenvalue weighted by molar-refractivity contribution is 0.338. The van der Waals surface area contributed by atoms with Gasteiger partial charge in [0.25, 0.3) is 0 Å². The van der Waals surface area contributed by atoms with E-state index in [1.54, 1.807) is 9.36 Å². The zero-order valence-corrected chi connectivity index (χ0v) is 10.1. The molecule has 1 aliphatic carbocycles. The first-order valence-electron chi connectivity index (χ1n) is 6.71. The van der Waals surface area contributed by atoms with Crippen LogP contribution in [0.5, 0.6) is 0 Å². The molecular weight excluding hydrogens is 218 g/mol. The van der Waals surface area contributed by atoms with Crippen LogP contribution in [0, 0.1) is 0 Å². The van der Waals surface area contributed by atoms with Crippen LogP contribution in [0.3, 0.4) is 0 Å². The van der Waals surface area contributed by atoms with Crippen LogP contribution in [0.4, 0.5) is 0 Å². The van der Waals surface area contributed by atoms with Gasteiger partial charge in [-0.05, 0) is 25.7 Å². The molecule has 5 heteroatoms. The van der Waals surface area contributed by atoms with Crippen LogP contribution in [0.2, 0.25) is 0 Å². The summed E-state index contributed by atoms with van der Waals surface area (Å²) >= 11 is 0. The number of hydrogen-bond acceptors (Lipinski definition) is 2. The van der Waals surface area contributed by atoms with Crippen molar-refractivity contribution in [2.75, 3.05) is 0 Å². The van der Waals surface area contributed by atoms with Gasteiger partial charge in [-0.1, -0.05) is 19.3 Å². The van der Waals surface area contributed by atoms with Crippen molar-refractivity contribution in [3.63, 3.8) is 0 Å². The molecule has 0 radical (unpaired) electrons. The fourth-order valence-corrected chi connectivity index (χ4v) is 3.14. The van der Waals surface area contributed by atoms with E-state index in [9.17, 15) is 9.59 Å². The zero-order chi connectivity index (χ0) is 11.8. The minimum atomic E-state index is -0.0819. The van der Waals surface area contributed by atoms with Crippen molar-refractivity contribution in [2.45, 2.75) is 64.1 Å². The van der Waals surface area contributed by atoms with Crippen LogP contribution in [0.1, 0.15) is 51.0 Å². The van der Waals surface area contributed by atoms with Crippen molar-refractivity contribution >= 4 is 0 Å². The van der Waals surface area contributed by atoms with Crippen molar-refractivity contribution in [3.8, 4) is 0 Å². The summed E-state index contributed by atoms with van der Waals surface area (Å²) in [7, 11) is 0. The van der Waals surface area contributed by atoms with Crippen LogP contribution in [0.15, 0.2) is 9.59 Å². The molecule has 1 aromatic heterocycles. The van der Waals surface area contributed by atoms with Gasteiger partial charge in [-0.25, -0.2) is 23.5 Å². The molecule has 1 aliphatic heterocycles. The highest BCUT2D eigenvalue weighted by atomic mass is 16.2. The highest BCUT2D eigenvalue weighted by Crippen LogP contribution is 2.25. The minimum Gasteiger partial charge on any atom is -0.246 e. The van der Waals surface area contributed by atoms with E-state index in [4.69, 9.17) is 0 Å². The molecule has 0 N–H and O–H groups in total. The van der Waals surface area contributed by atoms with Crippen LogP contribution >= 0.6 is 0 Å². The van der Waals surface area contributed by atoms with Crippen molar-refractivity contribution in [3.05, 3.63) is 21.0 Å². The maximum absolute atomic E-state index is 12.2. The second kappa shape index (κ2) is 4.20. The Bertz CT molecular complexity index is 479. The maximum atomic E-state index is 12.2. The first-order chi connectivity index (χ1) is 8.29. The lowest BCUT2D eigenvalue weighted by Gasteiger charge is -2.20. The summed E-state index contributed by atoms with van der Waals surface area (Å²) in [6.07, 6.45) is 7.50. The van der Waals surface area contributed by atoms with Crippen LogP contribution in [0.25, 0.3) is 0 Å². The number of nitrogens with zero attached hydrogens (tertiary/aromatic N) is 3. The number of rotatable bonds is 1. The average Bonchev–Trinajstić information content (AvgIpc) is 2.64. The first-order valence-corrected chi connectivity index (χ1v) is 6.71.